The Morgan fingerprint density at radius 3 is 2.67 bits per heavy atom. The molecule has 3 aromatic rings. The van der Waals surface area contributed by atoms with Crippen molar-refractivity contribution >= 4 is 23.5 Å². The van der Waals surface area contributed by atoms with Crippen LogP contribution in [0.5, 0.6) is 5.75 Å². The number of carbonyl (C=O) groups excluding carboxylic acids is 1. The largest absolute Gasteiger partial charge is 0.508 e. The van der Waals surface area contributed by atoms with Crippen LogP contribution in [-0.2, 0) is 4.79 Å². The summed E-state index contributed by atoms with van der Waals surface area (Å²) in [6, 6.07) is 13.1. The molecule has 5 nitrogen and oxygen atoms in total. The van der Waals surface area contributed by atoms with Crippen LogP contribution in [0.3, 0.4) is 0 Å². The van der Waals surface area contributed by atoms with Gasteiger partial charge in [-0.25, -0.2) is 9.07 Å². The molecule has 1 amide bonds. The van der Waals surface area contributed by atoms with Crippen LogP contribution in [-0.4, -0.2) is 26.0 Å². The highest BCUT2D eigenvalue weighted by atomic mass is 32.2. The minimum atomic E-state index is -0.368. The third kappa shape index (κ3) is 3.19. The highest BCUT2D eigenvalue weighted by Gasteiger charge is 2.34. The fourth-order valence-electron chi connectivity index (χ4n) is 3.21. The van der Waals surface area contributed by atoms with Crippen molar-refractivity contribution in [2.45, 2.75) is 24.3 Å². The fraction of sp³-hybridized carbons (Fsp3) is 0.200. The van der Waals surface area contributed by atoms with Gasteiger partial charge in [0, 0.05) is 5.56 Å². The van der Waals surface area contributed by atoms with E-state index in [-0.39, 0.29) is 28.0 Å². The highest BCUT2D eigenvalue weighted by molar-refractivity contribution is 8.01. The molecule has 2 heterocycles. The lowest BCUT2D eigenvalue weighted by Crippen LogP contribution is -2.22. The topological polar surface area (TPSA) is 67.1 Å². The van der Waals surface area contributed by atoms with E-state index in [1.165, 1.54) is 23.9 Å². The molecule has 2 unspecified atom stereocenters. The van der Waals surface area contributed by atoms with Crippen molar-refractivity contribution in [3.05, 3.63) is 71.2 Å². The van der Waals surface area contributed by atoms with Crippen molar-refractivity contribution in [2.75, 3.05) is 5.32 Å². The van der Waals surface area contributed by atoms with Crippen LogP contribution in [0.2, 0.25) is 0 Å². The molecule has 0 fully saturated rings. The number of fused-ring (bicyclic) bond motifs is 1. The first-order valence-corrected chi connectivity index (χ1v) is 9.49. The molecule has 0 spiro atoms. The lowest BCUT2D eigenvalue weighted by molar-refractivity contribution is -0.115. The summed E-state index contributed by atoms with van der Waals surface area (Å²) >= 11 is 1.52. The van der Waals surface area contributed by atoms with Gasteiger partial charge in [0.25, 0.3) is 0 Å². The summed E-state index contributed by atoms with van der Waals surface area (Å²) in [5.41, 5.74) is 3.15. The van der Waals surface area contributed by atoms with Crippen LogP contribution >= 0.6 is 11.8 Å². The predicted molar refractivity (Wildman–Crippen MR) is 104 cm³/mol. The summed E-state index contributed by atoms with van der Waals surface area (Å²) in [4.78, 5) is 12.6. The van der Waals surface area contributed by atoms with E-state index in [1.807, 2.05) is 26.0 Å². The summed E-state index contributed by atoms with van der Waals surface area (Å²) in [5, 5.41) is 16.7. The van der Waals surface area contributed by atoms with Gasteiger partial charge >= 0.3 is 0 Å². The molecule has 138 valence electrons. The molecule has 0 saturated heterocycles. The molecule has 1 aliphatic rings. The average Bonchev–Trinajstić information content (AvgIpc) is 2.89. The van der Waals surface area contributed by atoms with E-state index in [4.69, 9.17) is 0 Å². The lowest BCUT2D eigenvalue weighted by Gasteiger charge is -2.17. The second kappa shape index (κ2) is 6.74. The summed E-state index contributed by atoms with van der Waals surface area (Å²) in [6.45, 7) is 3.74. The maximum absolute atomic E-state index is 13.7. The number of rotatable bonds is 2. The Hall–Kier alpha value is -2.80. The number of aromatic hydroxyl groups is 1. The molecule has 0 aliphatic carbocycles. The molecule has 7 heteroatoms. The Balaban J connectivity index is 1.91. The second-order valence-electron chi connectivity index (χ2n) is 6.48. The zero-order valence-electron chi connectivity index (χ0n) is 14.8. The van der Waals surface area contributed by atoms with Gasteiger partial charge in [0.05, 0.1) is 21.9 Å². The van der Waals surface area contributed by atoms with Crippen molar-refractivity contribution < 1.29 is 14.3 Å². The van der Waals surface area contributed by atoms with Crippen molar-refractivity contribution in [3.63, 3.8) is 0 Å². The molecular formula is C20H18FN3O2S. The van der Waals surface area contributed by atoms with Gasteiger partial charge in [-0.2, -0.15) is 5.10 Å². The summed E-state index contributed by atoms with van der Waals surface area (Å²) < 4.78 is 15.3. The Bertz CT molecular complexity index is 1020. The Morgan fingerprint density at radius 2 is 1.96 bits per heavy atom. The molecular weight excluding hydrogens is 365 g/mol. The van der Waals surface area contributed by atoms with Crippen LogP contribution in [0.4, 0.5) is 10.2 Å². The van der Waals surface area contributed by atoms with Crippen molar-refractivity contribution in [1.82, 2.24) is 9.78 Å². The molecule has 4 rings (SSSR count). The van der Waals surface area contributed by atoms with Crippen LogP contribution in [0.15, 0.2) is 48.5 Å². The first-order valence-electron chi connectivity index (χ1n) is 8.55. The molecule has 2 N–H and O–H groups in total. The molecule has 1 aliphatic heterocycles. The van der Waals surface area contributed by atoms with E-state index >= 15 is 0 Å². The van der Waals surface area contributed by atoms with Gasteiger partial charge < -0.3 is 10.4 Å². The van der Waals surface area contributed by atoms with E-state index in [2.05, 4.69) is 10.4 Å². The third-order valence-corrected chi connectivity index (χ3v) is 5.97. The zero-order chi connectivity index (χ0) is 19.1. The fourth-order valence-corrected chi connectivity index (χ4v) is 4.54. The van der Waals surface area contributed by atoms with Crippen LogP contribution in [0.1, 0.15) is 29.0 Å². The Morgan fingerprint density at radius 1 is 1.22 bits per heavy atom. The third-order valence-electron chi connectivity index (χ3n) is 4.57. The van der Waals surface area contributed by atoms with Crippen LogP contribution in [0, 0.1) is 12.7 Å². The molecule has 2 aromatic carbocycles. The molecule has 0 saturated carbocycles. The van der Waals surface area contributed by atoms with Crippen molar-refractivity contribution in [2.24, 2.45) is 0 Å². The van der Waals surface area contributed by atoms with Gasteiger partial charge in [-0.1, -0.05) is 18.2 Å². The standard InChI is InChI=1S/C20H18FN3O2S/c1-11-17-18(13-6-8-16(25)9-7-13)27-12(2)20(26)22-19(17)24(23-11)15-5-3-4-14(21)10-15/h3-10,12,18,25H,1-2H3,(H,22,26). The molecule has 1 aromatic heterocycles. The quantitative estimate of drug-likeness (QED) is 0.696. The number of benzene rings is 2. The van der Waals surface area contributed by atoms with E-state index in [1.54, 1.807) is 28.9 Å². The maximum atomic E-state index is 13.7. The highest BCUT2D eigenvalue weighted by Crippen LogP contribution is 2.46. The monoisotopic (exact) mass is 383 g/mol. The molecule has 27 heavy (non-hydrogen) atoms. The van der Waals surface area contributed by atoms with E-state index < -0.39 is 0 Å². The first kappa shape index (κ1) is 17.6. The number of carbonyl (C=O) groups is 1. The number of hydrogen-bond acceptors (Lipinski definition) is 4. The van der Waals surface area contributed by atoms with Gasteiger partial charge in [-0.3, -0.25) is 4.79 Å². The summed E-state index contributed by atoms with van der Waals surface area (Å²) in [5.74, 6) is 0.248. The minimum Gasteiger partial charge on any atom is -0.508 e. The van der Waals surface area contributed by atoms with Crippen molar-refractivity contribution in [1.29, 1.82) is 0 Å². The smallest absolute Gasteiger partial charge is 0.238 e. The van der Waals surface area contributed by atoms with Gasteiger partial charge in [-0.05, 0) is 49.7 Å². The number of thioether (sulfide) groups is 1. The number of amides is 1. The number of anilines is 1. The number of nitrogens with one attached hydrogen (secondary N) is 1. The van der Waals surface area contributed by atoms with E-state index in [0.29, 0.717) is 11.5 Å². The minimum absolute atomic E-state index is 0.125. The predicted octanol–water partition coefficient (Wildman–Crippen LogP) is 4.19. The van der Waals surface area contributed by atoms with Crippen LogP contribution in [0.25, 0.3) is 5.69 Å². The van der Waals surface area contributed by atoms with Gasteiger partial charge in [0.2, 0.25) is 5.91 Å². The number of phenolic OH excluding ortho intramolecular Hbond substituents is 1. The van der Waals surface area contributed by atoms with Crippen LogP contribution < -0.4 is 5.32 Å². The molecule has 0 radical (unpaired) electrons. The summed E-state index contributed by atoms with van der Waals surface area (Å²) in [7, 11) is 0. The van der Waals surface area contributed by atoms with E-state index in [0.717, 1.165) is 16.8 Å². The number of nitrogens with zero attached hydrogens (tertiary/aromatic N) is 2. The van der Waals surface area contributed by atoms with Gasteiger partial charge in [0.1, 0.15) is 17.4 Å². The Labute approximate surface area is 160 Å². The maximum Gasteiger partial charge on any atom is 0.238 e. The summed E-state index contributed by atoms with van der Waals surface area (Å²) in [6.07, 6.45) is 0. The average molecular weight is 383 g/mol. The molecule has 2 atom stereocenters. The zero-order valence-corrected chi connectivity index (χ0v) is 15.6. The first-order chi connectivity index (χ1) is 12.9. The van der Waals surface area contributed by atoms with Crippen molar-refractivity contribution in [3.8, 4) is 11.4 Å². The van der Waals surface area contributed by atoms with Gasteiger partial charge in [-0.15, -0.1) is 11.8 Å². The lowest BCUT2D eigenvalue weighted by atomic mass is 10.0. The SMILES string of the molecule is Cc1nn(-c2cccc(F)c2)c2c1C(c1ccc(O)cc1)SC(C)C(=O)N2. The molecule has 0 bridgehead atoms. The number of halogens is 1. The van der Waals surface area contributed by atoms with Gasteiger partial charge in [0.15, 0.2) is 0 Å². The van der Waals surface area contributed by atoms with E-state index in [9.17, 15) is 14.3 Å². The number of aromatic nitrogens is 2. The number of aryl methyl sites for hydroxylation is 1. The number of phenols is 1. The number of hydrogen-bond donors (Lipinski definition) is 2. The second-order valence-corrected chi connectivity index (χ2v) is 7.93. The normalized spacial score (nSPS) is 19.3. The Kier molecular flexibility index (Phi) is 4.39.